The average molecular weight is 313 g/mol. The van der Waals surface area contributed by atoms with E-state index in [4.69, 9.17) is 0 Å². The Morgan fingerprint density at radius 2 is 2.22 bits per heavy atom. The Hall–Kier alpha value is -2.64. The number of aromatic amines is 1. The van der Waals surface area contributed by atoms with E-state index in [0.29, 0.717) is 35.5 Å². The fourth-order valence-corrected chi connectivity index (χ4v) is 2.62. The Morgan fingerprint density at radius 3 is 2.87 bits per heavy atom. The molecule has 1 aliphatic carbocycles. The lowest BCUT2D eigenvalue weighted by atomic mass is 10.3. The molecule has 0 atom stereocenters. The van der Waals surface area contributed by atoms with E-state index in [1.165, 1.54) is 0 Å². The van der Waals surface area contributed by atoms with Crippen LogP contribution in [0.4, 0.5) is 5.95 Å². The van der Waals surface area contributed by atoms with E-state index in [9.17, 15) is 4.79 Å². The molecule has 8 nitrogen and oxygen atoms in total. The van der Waals surface area contributed by atoms with Gasteiger partial charge in [0.1, 0.15) is 5.82 Å². The zero-order chi connectivity index (χ0) is 16.0. The van der Waals surface area contributed by atoms with Gasteiger partial charge in [-0.3, -0.25) is 14.0 Å². The van der Waals surface area contributed by atoms with Crippen LogP contribution in [-0.2, 0) is 13.6 Å². The monoisotopic (exact) mass is 313 g/mol. The highest BCUT2D eigenvalue weighted by atomic mass is 16.1. The van der Waals surface area contributed by atoms with Crippen molar-refractivity contribution in [2.24, 2.45) is 7.05 Å². The maximum atomic E-state index is 12.8. The summed E-state index contributed by atoms with van der Waals surface area (Å²) in [4.78, 5) is 24.9. The van der Waals surface area contributed by atoms with Gasteiger partial charge in [0.05, 0.1) is 11.8 Å². The molecule has 8 heteroatoms. The Morgan fingerprint density at radius 1 is 1.39 bits per heavy atom. The third kappa shape index (κ3) is 2.49. The smallest absolute Gasteiger partial charge is 0.280 e. The van der Waals surface area contributed by atoms with Crippen LogP contribution in [0.5, 0.6) is 0 Å². The van der Waals surface area contributed by atoms with Crippen molar-refractivity contribution in [3.05, 3.63) is 22.7 Å². The number of anilines is 1. The minimum atomic E-state index is -0.0809. The summed E-state index contributed by atoms with van der Waals surface area (Å²) in [5, 5.41) is 7.48. The number of nitrogens with one attached hydrogen (secondary N) is 2. The predicted octanol–water partition coefficient (Wildman–Crippen LogP) is 1.50. The molecule has 3 heterocycles. The Bertz CT molecular complexity index is 916. The molecule has 1 aliphatic rings. The Kier molecular flexibility index (Phi) is 3.17. The van der Waals surface area contributed by atoms with Crippen LogP contribution in [0, 0.1) is 0 Å². The summed E-state index contributed by atoms with van der Waals surface area (Å²) >= 11 is 0. The summed E-state index contributed by atoms with van der Waals surface area (Å²) in [6, 6.07) is 0.430. The van der Waals surface area contributed by atoms with Crippen LogP contribution in [0.15, 0.2) is 17.2 Å². The van der Waals surface area contributed by atoms with E-state index in [0.717, 1.165) is 24.8 Å². The number of aromatic nitrogens is 6. The molecule has 0 bridgehead atoms. The second-order valence-corrected chi connectivity index (χ2v) is 6.00. The number of rotatable bonds is 5. The lowest BCUT2D eigenvalue weighted by molar-refractivity contribution is 0.651. The Labute approximate surface area is 132 Å². The normalized spacial score (nSPS) is 14.5. The van der Waals surface area contributed by atoms with E-state index in [1.54, 1.807) is 15.4 Å². The minimum absolute atomic E-state index is 0.0809. The van der Waals surface area contributed by atoms with E-state index >= 15 is 0 Å². The molecule has 3 aromatic heterocycles. The zero-order valence-electron chi connectivity index (χ0n) is 13.2. The van der Waals surface area contributed by atoms with Gasteiger partial charge in [-0.25, -0.2) is 4.98 Å². The van der Waals surface area contributed by atoms with Crippen molar-refractivity contribution in [1.29, 1.82) is 0 Å². The van der Waals surface area contributed by atoms with Crippen LogP contribution < -0.4 is 10.9 Å². The first-order valence-corrected chi connectivity index (χ1v) is 7.92. The molecule has 3 aromatic rings. The van der Waals surface area contributed by atoms with E-state index in [1.807, 2.05) is 20.2 Å². The lowest BCUT2D eigenvalue weighted by Gasteiger charge is -2.11. The third-order valence-corrected chi connectivity index (χ3v) is 3.95. The number of fused-ring (bicyclic) bond motifs is 1. The van der Waals surface area contributed by atoms with Gasteiger partial charge in [-0.05, 0) is 19.3 Å². The average Bonchev–Trinajstić information content (AvgIpc) is 3.06. The summed E-state index contributed by atoms with van der Waals surface area (Å²) in [5.41, 5.74) is 1.65. The van der Waals surface area contributed by atoms with Gasteiger partial charge < -0.3 is 10.3 Å². The first-order valence-electron chi connectivity index (χ1n) is 7.92. The molecule has 0 saturated heterocycles. The van der Waals surface area contributed by atoms with Crippen LogP contribution in [0.1, 0.15) is 26.2 Å². The highest BCUT2D eigenvalue weighted by molar-refractivity contribution is 5.76. The van der Waals surface area contributed by atoms with E-state index in [-0.39, 0.29) is 5.56 Å². The van der Waals surface area contributed by atoms with Gasteiger partial charge in [0, 0.05) is 25.8 Å². The van der Waals surface area contributed by atoms with Crippen LogP contribution in [0.3, 0.4) is 0 Å². The van der Waals surface area contributed by atoms with Crippen molar-refractivity contribution in [3.63, 3.8) is 0 Å². The van der Waals surface area contributed by atoms with Crippen molar-refractivity contribution >= 4 is 17.1 Å². The number of nitrogens with zero attached hydrogens (tertiary/aromatic N) is 5. The van der Waals surface area contributed by atoms with Gasteiger partial charge in [-0.2, -0.15) is 10.1 Å². The molecule has 0 radical (unpaired) electrons. The van der Waals surface area contributed by atoms with Gasteiger partial charge in [-0.1, -0.05) is 6.92 Å². The number of H-pyrrole nitrogens is 1. The van der Waals surface area contributed by atoms with Gasteiger partial charge >= 0.3 is 0 Å². The number of imidazole rings is 1. The predicted molar refractivity (Wildman–Crippen MR) is 87.3 cm³/mol. The molecule has 23 heavy (non-hydrogen) atoms. The first-order chi connectivity index (χ1) is 11.2. The fourth-order valence-electron chi connectivity index (χ4n) is 2.62. The van der Waals surface area contributed by atoms with Crippen molar-refractivity contribution in [1.82, 2.24) is 29.3 Å². The zero-order valence-corrected chi connectivity index (χ0v) is 13.2. The van der Waals surface area contributed by atoms with Crippen LogP contribution in [0.2, 0.25) is 0 Å². The van der Waals surface area contributed by atoms with Crippen molar-refractivity contribution in [2.45, 2.75) is 38.8 Å². The van der Waals surface area contributed by atoms with Gasteiger partial charge in [0.2, 0.25) is 5.95 Å². The van der Waals surface area contributed by atoms with Gasteiger partial charge in [0.25, 0.3) is 5.56 Å². The van der Waals surface area contributed by atoms with Crippen molar-refractivity contribution < 1.29 is 0 Å². The van der Waals surface area contributed by atoms with Crippen LogP contribution in [-0.4, -0.2) is 35.3 Å². The SMILES string of the molecule is CCCn1c(NC2CC2)nc2nc(-c3cnn(C)c3)[nH]c2c1=O. The molecule has 0 amide bonds. The minimum Gasteiger partial charge on any atom is -0.353 e. The number of aryl methyl sites for hydroxylation is 1. The lowest BCUT2D eigenvalue weighted by Crippen LogP contribution is -2.25. The van der Waals surface area contributed by atoms with Crippen LogP contribution >= 0.6 is 0 Å². The fraction of sp³-hybridized carbons (Fsp3) is 0.467. The van der Waals surface area contributed by atoms with Crippen LogP contribution in [0.25, 0.3) is 22.6 Å². The summed E-state index contributed by atoms with van der Waals surface area (Å²) < 4.78 is 3.40. The highest BCUT2D eigenvalue weighted by Crippen LogP contribution is 2.24. The van der Waals surface area contributed by atoms with Crippen molar-refractivity contribution in [2.75, 3.05) is 5.32 Å². The standard InChI is InChI=1S/C15H19N7O/c1-3-6-22-14(23)11-13(20-15(22)17-10-4-5-10)19-12(18-11)9-7-16-21(2)8-9/h7-8,10H,3-6H2,1-2H3,(H,17,20)(H,18,19). The molecule has 1 saturated carbocycles. The highest BCUT2D eigenvalue weighted by Gasteiger charge is 2.24. The quantitative estimate of drug-likeness (QED) is 0.744. The second-order valence-electron chi connectivity index (χ2n) is 6.00. The molecule has 2 N–H and O–H groups in total. The molecule has 0 aromatic carbocycles. The molecule has 1 fully saturated rings. The molecule has 4 rings (SSSR count). The summed E-state index contributed by atoms with van der Waals surface area (Å²) in [5.74, 6) is 1.24. The Balaban J connectivity index is 1.86. The maximum Gasteiger partial charge on any atom is 0.280 e. The maximum absolute atomic E-state index is 12.8. The molecule has 0 spiro atoms. The second kappa shape index (κ2) is 5.22. The molecular formula is C15H19N7O. The summed E-state index contributed by atoms with van der Waals surface area (Å²) in [6.45, 7) is 2.68. The van der Waals surface area contributed by atoms with E-state index in [2.05, 4.69) is 25.4 Å². The van der Waals surface area contributed by atoms with Gasteiger partial charge in [0.15, 0.2) is 11.2 Å². The third-order valence-electron chi connectivity index (χ3n) is 3.95. The number of hydrogen-bond acceptors (Lipinski definition) is 5. The number of hydrogen-bond donors (Lipinski definition) is 2. The van der Waals surface area contributed by atoms with E-state index < -0.39 is 0 Å². The molecule has 0 aliphatic heterocycles. The largest absolute Gasteiger partial charge is 0.353 e. The summed E-state index contributed by atoms with van der Waals surface area (Å²) in [7, 11) is 1.84. The summed E-state index contributed by atoms with van der Waals surface area (Å²) in [6.07, 6.45) is 6.69. The molecular weight excluding hydrogens is 294 g/mol. The van der Waals surface area contributed by atoms with Crippen molar-refractivity contribution in [3.8, 4) is 11.4 Å². The molecule has 120 valence electrons. The topological polar surface area (TPSA) is 93.4 Å². The first kappa shape index (κ1) is 14.0. The molecule has 0 unspecified atom stereocenters. The van der Waals surface area contributed by atoms with Gasteiger partial charge in [-0.15, -0.1) is 0 Å².